The summed E-state index contributed by atoms with van der Waals surface area (Å²) < 4.78 is 5.35. The van der Waals surface area contributed by atoms with Crippen LogP contribution >= 0.6 is 11.3 Å². The lowest BCUT2D eigenvalue weighted by molar-refractivity contribution is -0.0206. The molecule has 4 heterocycles. The van der Waals surface area contributed by atoms with Crippen LogP contribution in [0.5, 0.6) is 5.88 Å². The average Bonchev–Trinajstić information content (AvgIpc) is 3.33. The fourth-order valence-corrected chi connectivity index (χ4v) is 4.79. The molecular formula is C24H27N7O3S. The number of nitrogens with one attached hydrogen (secondary N) is 1. The van der Waals surface area contributed by atoms with E-state index in [0.29, 0.717) is 25.9 Å². The van der Waals surface area contributed by atoms with Crippen molar-refractivity contribution < 1.29 is 14.6 Å². The first-order chi connectivity index (χ1) is 16.9. The van der Waals surface area contributed by atoms with E-state index in [9.17, 15) is 15.2 Å². The quantitative estimate of drug-likeness (QED) is 0.429. The van der Waals surface area contributed by atoms with Crippen molar-refractivity contribution in [3.05, 3.63) is 52.8 Å². The number of aliphatic hydroxyl groups is 1. The second-order valence-corrected chi connectivity index (χ2v) is 9.47. The van der Waals surface area contributed by atoms with Gasteiger partial charge in [0.2, 0.25) is 5.88 Å². The Morgan fingerprint density at radius 3 is 2.86 bits per heavy atom. The molecule has 0 bridgehead atoms. The number of carbonyl (C=O) groups excluding carboxylic acids is 1. The Kier molecular flexibility index (Phi) is 7.55. The van der Waals surface area contributed by atoms with Crippen molar-refractivity contribution in [1.29, 1.82) is 5.26 Å². The molecule has 3 aromatic heterocycles. The monoisotopic (exact) mass is 493 g/mol. The number of nitriles is 1. The van der Waals surface area contributed by atoms with Crippen LogP contribution in [-0.2, 0) is 6.54 Å². The van der Waals surface area contributed by atoms with E-state index in [2.05, 4.69) is 25.2 Å². The summed E-state index contributed by atoms with van der Waals surface area (Å²) in [5.41, 5.74) is 6.00. The second-order valence-electron chi connectivity index (χ2n) is 8.35. The van der Waals surface area contributed by atoms with Crippen LogP contribution in [0.2, 0.25) is 0 Å². The summed E-state index contributed by atoms with van der Waals surface area (Å²) >= 11 is 1.62. The molecule has 1 amide bonds. The summed E-state index contributed by atoms with van der Waals surface area (Å²) in [6, 6.07) is 9.05. The third-order valence-electron chi connectivity index (χ3n) is 5.82. The average molecular weight is 494 g/mol. The zero-order valence-electron chi connectivity index (χ0n) is 19.4. The predicted octanol–water partition coefficient (Wildman–Crippen LogP) is 2.21. The van der Waals surface area contributed by atoms with Crippen molar-refractivity contribution in [2.75, 3.05) is 32.0 Å². The molecule has 1 aliphatic heterocycles. The van der Waals surface area contributed by atoms with E-state index >= 15 is 0 Å². The summed E-state index contributed by atoms with van der Waals surface area (Å²) in [6.45, 7) is 4.27. The molecule has 182 valence electrons. The Morgan fingerprint density at radius 2 is 2.17 bits per heavy atom. The van der Waals surface area contributed by atoms with Gasteiger partial charge < -0.3 is 20.9 Å². The van der Waals surface area contributed by atoms with Crippen LogP contribution in [0, 0.1) is 11.3 Å². The first-order valence-electron chi connectivity index (χ1n) is 11.3. The lowest BCUT2D eigenvalue weighted by Crippen LogP contribution is -2.50. The number of thiazole rings is 1. The van der Waals surface area contributed by atoms with E-state index < -0.39 is 11.5 Å². The molecule has 0 saturated carbocycles. The third-order valence-corrected chi connectivity index (χ3v) is 6.83. The van der Waals surface area contributed by atoms with Gasteiger partial charge in [-0.3, -0.25) is 14.7 Å². The second kappa shape index (κ2) is 10.8. The van der Waals surface area contributed by atoms with Gasteiger partial charge in [-0.25, -0.2) is 9.97 Å². The van der Waals surface area contributed by atoms with Crippen LogP contribution in [0.3, 0.4) is 0 Å². The molecule has 0 radical (unpaired) electrons. The molecular weight excluding hydrogens is 466 g/mol. The molecule has 1 saturated heterocycles. The highest BCUT2D eigenvalue weighted by Gasteiger charge is 2.33. The lowest BCUT2D eigenvalue weighted by Gasteiger charge is -2.38. The van der Waals surface area contributed by atoms with E-state index in [0.717, 1.165) is 22.1 Å². The number of nitrogens with zero attached hydrogens (tertiary/aromatic N) is 5. The van der Waals surface area contributed by atoms with Crippen molar-refractivity contribution in [2.45, 2.75) is 31.9 Å². The number of carbonyl (C=O) groups is 1. The van der Waals surface area contributed by atoms with Crippen LogP contribution in [0.1, 0.15) is 40.7 Å². The third kappa shape index (κ3) is 5.92. The van der Waals surface area contributed by atoms with Gasteiger partial charge >= 0.3 is 0 Å². The molecule has 0 aromatic carbocycles. The fraction of sp³-hybridized carbons (Fsp3) is 0.375. The summed E-state index contributed by atoms with van der Waals surface area (Å²) in [5.74, 6) is -0.453. The zero-order valence-corrected chi connectivity index (χ0v) is 20.2. The molecule has 1 fully saturated rings. The van der Waals surface area contributed by atoms with Crippen LogP contribution < -0.4 is 15.8 Å². The molecule has 4 N–H and O–H groups in total. The summed E-state index contributed by atoms with van der Waals surface area (Å²) in [4.78, 5) is 29.0. The Morgan fingerprint density at radius 1 is 1.37 bits per heavy atom. The van der Waals surface area contributed by atoms with Gasteiger partial charge in [-0.1, -0.05) is 6.07 Å². The standard InChI is InChI=1S/C24H27N7O3S/c1-2-34-22-17(12-25)18(26)11-20(30-22)21(32)29-15-24(33)6-9-31(10-7-24)14-16-13-28-23(35-16)19-5-3-4-8-27-19/h3-5,8,11,13,33H,2,6-7,9-10,14-15H2,1H3,(H2,26,30)(H,29,32). The minimum atomic E-state index is -1.01. The molecule has 0 unspecified atom stereocenters. The number of likely N-dealkylation sites (tertiary alicyclic amines) is 1. The Balaban J connectivity index is 1.30. The maximum atomic E-state index is 12.7. The van der Waals surface area contributed by atoms with E-state index in [1.54, 1.807) is 24.5 Å². The highest BCUT2D eigenvalue weighted by atomic mass is 32.1. The van der Waals surface area contributed by atoms with E-state index in [-0.39, 0.29) is 36.0 Å². The number of aromatic nitrogens is 3. The number of rotatable bonds is 8. The van der Waals surface area contributed by atoms with Crippen LogP contribution in [0.15, 0.2) is 36.7 Å². The number of nitrogen functional groups attached to an aromatic ring is 1. The number of nitrogens with two attached hydrogens (primary N) is 1. The molecule has 3 aromatic rings. The van der Waals surface area contributed by atoms with Gasteiger partial charge in [0, 0.05) is 43.4 Å². The van der Waals surface area contributed by atoms with Gasteiger partial charge in [-0.15, -0.1) is 11.3 Å². The van der Waals surface area contributed by atoms with Crippen LogP contribution in [0.25, 0.3) is 10.7 Å². The number of pyridine rings is 2. The minimum absolute atomic E-state index is 0.0291. The normalized spacial score (nSPS) is 15.3. The molecule has 35 heavy (non-hydrogen) atoms. The molecule has 0 spiro atoms. The van der Waals surface area contributed by atoms with Gasteiger partial charge in [0.15, 0.2) is 0 Å². The lowest BCUT2D eigenvalue weighted by atomic mass is 9.91. The van der Waals surface area contributed by atoms with Crippen LogP contribution in [-0.4, -0.2) is 62.7 Å². The smallest absolute Gasteiger partial charge is 0.270 e. The largest absolute Gasteiger partial charge is 0.477 e. The van der Waals surface area contributed by atoms with Crippen molar-refractivity contribution in [1.82, 2.24) is 25.2 Å². The van der Waals surface area contributed by atoms with Crippen molar-refractivity contribution in [3.8, 4) is 22.7 Å². The number of hydrogen-bond donors (Lipinski definition) is 3. The number of hydrogen-bond acceptors (Lipinski definition) is 10. The van der Waals surface area contributed by atoms with Gasteiger partial charge in [0.25, 0.3) is 5.91 Å². The van der Waals surface area contributed by atoms with Crippen molar-refractivity contribution >= 4 is 22.9 Å². The highest BCUT2D eigenvalue weighted by Crippen LogP contribution is 2.27. The molecule has 0 aliphatic carbocycles. The Labute approximate surface area is 207 Å². The Hall–Kier alpha value is -3.59. The summed E-state index contributed by atoms with van der Waals surface area (Å²) in [5, 5.41) is 23.9. The molecule has 10 nitrogen and oxygen atoms in total. The maximum absolute atomic E-state index is 12.7. The number of ether oxygens (including phenoxy) is 1. The zero-order chi connectivity index (χ0) is 24.8. The van der Waals surface area contributed by atoms with E-state index in [4.69, 9.17) is 10.5 Å². The van der Waals surface area contributed by atoms with Gasteiger partial charge in [-0.2, -0.15) is 5.26 Å². The van der Waals surface area contributed by atoms with Gasteiger partial charge in [0.05, 0.1) is 23.6 Å². The topological polar surface area (TPSA) is 150 Å². The number of piperidine rings is 1. The van der Waals surface area contributed by atoms with E-state index in [1.807, 2.05) is 30.5 Å². The van der Waals surface area contributed by atoms with Crippen molar-refractivity contribution in [3.63, 3.8) is 0 Å². The predicted molar refractivity (Wildman–Crippen MR) is 132 cm³/mol. The van der Waals surface area contributed by atoms with Crippen molar-refractivity contribution in [2.24, 2.45) is 0 Å². The van der Waals surface area contributed by atoms with Crippen LogP contribution in [0.4, 0.5) is 5.69 Å². The molecule has 0 atom stereocenters. The summed E-state index contributed by atoms with van der Waals surface area (Å²) in [6.07, 6.45) is 4.67. The molecule has 11 heteroatoms. The first kappa shape index (κ1) is 24.5. The SMILES string of the molecule is CCOc1nc(C(=O)NCC2(O)CCN(Cc3cnc(-c4ccccn4)s3)CC2)cc(N)c1C#N. The van der Waals surface area contributed by atoms with Gasteiger partial charge in [0.1, 0.15) is 22.3 Å². The Bertz CT molecular complexity index is 1220. The highest BCUT2D eigenvalue weighted by molar-refractivity contribution is 7.14. The van der Waals surface area contributed by atoms with E-state index in [1.165, 1.54) is 6.07 Å². The molecule has 1 aliphatic rings. The fourth-order valence-electron chi connectivity index (χ4n) is 3.86. The first-order valence-corrected chi connectivity index (χ1v) is 12.1. The number of amides is 1. The molecule has 4 rings (SSSR count). The maximum Gasteiger partial charge on any atom is 0.270 e. The summed E-state index contributed by atoms with van der Waals surface area (Å²) in [7, 11) is 0. The number of anilines is 1. The minimum Gasteiger partial charge on any atom is -0.477 e. The van der Waals surface area contributed by atoms with Gasteiger partial charge in [-0.05, 0) is 38.0 Å².